The number of aliphatic hydroxyl groups excluding tert-OH is 1. The summed E-state index contributed by atoms with van der Waals surface area (Å²) in [6.45, 7) is -0.312. The molecule has 160 valence electrons. The smallest absolute Gasteiger partial charge is 0.255 e. The van der Waals surface area contributed by atoms with Crippen LogP contribution >= 0.6 is 56.8 Å². The number of aliphatic hydroxyl groups is 1. The molecule has 2 aliphatic rings. The fraction of sp³-hybridized carbons (Fsp3) is 0.444. The van der Waals surface area contributed by atoms with Crippen molar-refractivity contribution in [3.8, 4) is 5.88 Å². The van der Waals surface area contributed by atoms with E-state index in [2.05, 4.69) is 55.1 Å². The van der Waals surface area contributed by atoms with Crippen LogP contribution in [0.2, 0.25) is 5.15 Å². The van der Waals surface area contributed by atoms with E-state index in [1.165, 1.54) is 0 Å². The minimum atomic E-state index is -2.53. The number of hydrogen-bond acceptors (Lipinski definition) is 4. The molecule has 0 aromatic carbocycles. The summed E-state index contributed by atoms with van der Waals surface area (Å²) in [6, 6.07) is 7.37. The summed E-state index contributed by atoms with van der Waals surface area (Å²) in [4.78, 5) is 7.79. The summed E-state index contributed by atoms with van der Waals surface area (Å²) in [7, 11) is 0. The van der Waals surface area contributed by atoms with Gasteiger partial charge >= 0.3 is 0 Å². The predicted octanol–water partition coefficient (Wildman–Crippen LogP) is 5.69. The lowest BCUT2D eigenvalue weighted by Crippen LogP contribution is -2.07. The molecular formula is C18H17ClF4I2N2O2. The Morgan fingerprint density at radius 2 is 1.52 bits per heavy atom. The highest BCUT2D eigenvalue weighted by Crippen LogP contribution is 2.48. The fourth-order valence-electron chi connectivity index (χ4n) is 1.94. The van der Waals surface area contributed by atoms with Crippen molar-refractivity contribution < 1.29 is 27.4 Å². The first-order chi connectivity index (χ1) is 13.6. The molecule has 2 saturated carbocycles. The van der Waals surface area contributed by atoms with Crippen molar-refractivity contribution in [2.45, 2.75) is 24.7 Å². The van der Waals surface area contributed by atoms with Gasteiger partial charge < -0.3 is 9.84 Å². The number of alkyl halides is 4. The standard InChI is InChI=1S/C9H8F2INO.C5H3ClIN.C4H6F2O/c10-9(11)4-6(9)5-14-8-7(12)2-1-3-13-8;6-5-4(7)2-1-3-8-5;5-4(6)1-3(4)2-7/h1-3,6H,4-5H2;1-3H;3,7H,1-2H2/t6-;;3-/m1.1/s1. The number of aromatic nitrogens is 2. The maximum Gasteiger partial charge on any atom is 0.255 e. The van der Waals surface area contributed by atoms with Crippen LogP contribution in [0.4, 0.5) is 17.6 Å². The fourth-order valence-corrected chi connectivity index (χ4v) is 2.91. The number of hydrogen-bond donors (Lipinski definition) is 1. The first-order valence-corrected chi connectivity index (χ1v) is 11.0. The van der Waals surface area contributed by atoms with Crippen LogP contribution in [0.15, 0.2) is 36.7 Å². The van der Waals surface area contributed by atoms with E-state index in [0.717, 1.165) is 7.14 Å². The van der Waals surface area contributed by atoms with E-state index in [-0.39, 0.29) is 26.1 Å². The quantitative estimate of drug-likeness (QED) is 0.261. The molecule has 11 heteroatoms. The molecule has 2 aromatic heterocycles. The molecule has 0 amide bonds. The molecule has 2 fully saturated rings. The molecule has 0 aliphatic heterocycles. The van der Waals surface area contributed by atoms with E-state index in [4.69, 9.17) is 21.4 Å². The molecule has 0 unspecified atom stereocenters. The maximum absolute atomic E-state index is 12.5. The number of halogens is 7. The van der Waals surface area contributed by atoms with Crippen LogP contribution in [-0.2, 0) is 0 Å². The zero-order valence-corrected chi connectivity index (χ0v) is 19.9. The molecule has 2 heterocycles. The van der Waals surface area contributed by atoms with Gasteiger partial charge in [-0.3, -0.25) is 0 Å². The van der Waals surface area contributed by atoms with Gasteiger partial charge in [0.05, 0.1) is 32.2 Å². The summed E-state index contributed by atoms with van der Waals surface area (Å²) in [6.07, 6.45) is 3.08. The summed E-state index contributed by atoms with van der Waals surface area (Å²) in [5.41, 5.74) is 0. The lowest BCUT2D eigenvalue weighted by Gasteiger charge is -2.05. The van der Waals surface area contributed by atoms with Gasteiger partial charge in [-0.05, 0) is 69.4 Å². The van der Waals surface area contributed by atoms with Crippen LogP contribution in [0.5, 0.6) is 5.88 Å². The normalized spacial score (nSPS) is 22.3. The van der Waals surface area contributed by atoms with Gasteiger partial charge in [0.2, 0.25) is 5.88 Å². The van der Waals surface area contributed by atoms with Gasteiger partial charge in [0.15, 0.2) is 0 Å². The van der Waals surface area contributed by atoms with E-state index < -0.39 is 23.7 Å². The minimum absolute atomic E-state index is 0.0556. The van der Waals surface area contributed by atoms with Gasteiger partial charge in [0, 0.05) is 25.2 Å². The van der Waals surface area contributed by atoms with E-state index in [9.17, 15) is 17.6 Å². The Kier molecular flexibility index (Phi) is 9.16. The Morgan fingerprint density at radius 3 is 1.86 bits per heavy atom. The van der Waals surface area contributed by atoms with Crippen molar-refractivity contribution >= 4 is 56.8 Å². The summed E-state index contributed by atoms with van der Waals surface area (Å²) >= 11 is 9.78. The van der Waals surface area contributed by atoms with Gasteiger partial charge in [-0.1, -0.05) is 11.6 Å². The van der Waals surface area contributed by atoms with Crippen LogP contribution in [0, 0.1) is 19.0 Å². The first-order valence-electron chi connectivity index (χ1n) is 8.42. The molecular weight excluding hydrogens is 641 g/mol. The van der Waals surface area contributed by atoms with Gasteiger partial charge in [0.25, 0.3) is 11.8 Å². The zero-order chi connectivity index (χ0) is 21.7. The highest BCUT2D eigenvalue weighted by atomic mass is 127. The van der Waals surface area contributed by atoms with E-state index in [1.807, 2.05) is 18.2 Å². The monoisotopic (exact) mass is 658 g/mol. The number of nitrogens with zero attached hydrogens (tertiary/aromatic N) is 2. The third-order valence-electron chi connectivity index (χ3n) is 3.99. The predicted molar refractivity (Wildman–Crippen MR) is 118 cm³/mol. The van der Waals surface area contributed by atoms with Crippen LogP contribution < -0.4 is 4.74 Å². The molecule has 0 spiro atoms. The Morgan fingerprint density at radius 1 is 1.00 bits per heavy atom. The molecule has 2 aliphatic carbocycles. The van der Waals surface area contributed by atoms with Crippen LogP contribution in [-0.4, -0.2) is 40.1 Å². The minimum Gasteiger partial charge on any atom is -0.476 e. The summed E-state index contributed by atoms with van der Waals surface area (Å²) in [5.74, 6) is -5.96. The molecule has 0 saturated heterocycles. The molecule has 1 N–H and O–H groups in total. The molecule has 4 rings (SSSR count). The SMILES string of the molecule is Clc1ncccc1I.FC1(F)C[C@@H]1COc1ncccc1I.OC[C@H]1CC1(F)F. The third-order valence-corrected chi connectivity index (χ3v) is 6.30. The van der Waals surface area contributed by atoms with Gasteiger partial charge in [-0.25, -0.2) is 27.5 Å². The molecule has 29 heavy (non-hydrogen) atoms. The molecule has 4 nitrogen and oxygen atoms in total. The molecule has 2 aromatic rings. The lowest BCUT2D eigenvalue weighted by molar-refractivity contribution is 0.0819. The lowest BCUT2D eigenvalue weighted by atomic mass is 10.4. The number of ether oxygens (including phenoxy) is 1. The second-order valence-corrected chi connectivity index (χ2v) is 9.07. The van der Waals surface area contributed by atoms with Gasteiger partial charge in [-0.15, -0.1) is 0 Å². The van der Waals surface area contributed by atoms with Crippen molar-refractivity contribution in [1.82, 2.24) is 9.97 Å². The van der Waals surface area contributed by atoms with Gasteiger partial charge in [0.1, 0.15) is 5.15 Å². The Bertz CT molecular complexity index is 796. The van der Waals surface area contributed by atoms with Crippen LogP contribution in [0.3, 0.4) is 0 Å². The third kappa shape index (κ3) is 8.29. The van der Waals surface area contributed by atoms with E-state index in [0.29, 0.717) is 11.0 Å². The molecule has 2 atom stereocenters. The van der Waals surface area contributed by atoms with Gasteiger partial charge in [-0.2, -0.15) is 0 Å². The van der Waals surface area contributed by atoms with Crippen molar-refractivity contribution in [2.24, 2.45) is 11.8 Å². The number of pyridine rings is 2. The Balaban J connectivity index is 0.000000170. The second kappa shape index (κ2) is 10.7. The second-order valence-electron chi connectivity index (χ2n) is 6.38. The van der Waals surface area contributed by atoms with E-state index in [1.54, 1.807) is 18.5 Å². The molecule has 0 bridgehead atoms. The zero-order valence-electron chi connectivity index (χ0n) is 14.8. The number of rotatable bonds is 4. The topological polar surface area (TPSA) is 55.2 Å². The first kappa shape index (κ1) is 24.8. The van der Waals surface area contributed by atoms with Crippen molar-refractivity contribution in [3.05, 3.63) is 49.0 Å². The maximum atomic E-state index is 12.5. The highest BCUT2D eigenvalue weighted by Gasteiger charge is 2.57. The summed E-state index contributed by atoms with van der Waals surface area (Å²) in [5, 5.41) is 8.64. The van der Waals surface area contributed by atoms with Crippen molar-refractivity contribution in [2.75, 3.05) is 13.2 Å². The van der Waals surface area contributed by atoms with Crippen LogP contribution in [0.1, 0.15) is 12.8 Å². The van der Waals surface area contributed by atoms with Crippen molar-refractivity contribution in [1.29, 1.82) is 0 Å². The van der Waals surface area contributed by atoms with Crippen molar-refractivity contribution in [3.63, 3.8) is 0 Å². The van der Waals surface area contributed by atoms with Crippen LogP contribution in [0.25, 0.3) is 0 Å². The average molecular weight is 659 g/mol. The van der Waals surface area contributed by atoms with E-state index >= 15 is 0 Å². The largest absolute Gasteiger partial charge is 0.476 e. The Labute approximate surface area is 197 Å². The average Bonchev–Trinajstić information content (AvgIpc) is 3.50. The molecule has 0 radical (unpaired) electrons. The highest BCUT2D eigenvalue weighted by molar-refractivity contribution is 14.1. The summed E-state index contributed by atoms with van der Waals surface area (Å²) < 4.78 is 55.3. The Hall–Kier alpha value is -0.470.